The Balaban J connectivity index is 2.31. The maximum atomic E-state index is 5.49. The first-order valence-electron chi connectivity index (χ1n) is 7.51. The minimum Gasteiger partial charge on any atom is -0.497 e. The number of hydrogen-bond acceptors (Lipinski definition) is 2. The summed E-state index contributed by atoms with van der Waals surface area (Å²) in [7, 11) is 3.40. The normalized spacial score (nSPS) is 10.9. The fraction of sp³-hybridized carbons (Fsp3) is 0.263. The molecule has 3 heteroatoms. The van der Waals surface area contributed by atoms with Crippen LogP contribution in [0.2, 0.25) is 0 Å². The van der Waals surface area contributed by atoms with Crippen LogP contribution in [-0.2, 0) is 6.42 Å². The smallest absolute Gasteiger partial charge is 0.120 e. The van der Waals surface area contributed by atoms with E-state index in [2.05, 4.69) is 43.1 Å². The zero-order valence-electron chi connectivity index (χ0n) is 13.5. The van der Waals surface area contributed by atoms with Crippen LogP contribution in [0.25, 0.3) is 22.0 Å². The lowest BCUT2D eigenvalue weighted by molar-refractivity contribution is 0.414. The highest BCUT2D eigenvalue weighted by atomic mass is 16.5. The van der Waals surface area contributed by atoms with Crippen LogP contribution in [0.5, 0.6) is 11.5 Å². The van der Waals surface area contributed by atoms with Crippen molar-refractivity contribution in [2.24, 2.45) is 0 Å². The second-order valence-electron chi connectivity index (χ2n) is 5.41. The summed E-state index contributed by atoms with van der Waals surface area (Å²) in [5, 5.41) is 1.22. The van der Waals surface area contributed by atoms with Gasteiger partial charge in [0.1, 0.15) is 11.5 Å². The van der Waals surface area contributed by atoms with Crippen LogP contribution in [0.3, 0.4) is 0 Å². The molecule has 1 N–H and O–H groups in total. The number of aromatic amines is 1. The molecule has 3 rings (SSSR count). The Bertz CT molecular complexity index is 818. The molecule has 0 bridgehead atoms. The highest BCUT2D eigenvalue weighted by Crippen LogP contribution is 2.36. The van der Waals surface area contributed by atoms with Crippen molar-refractivity contribution in [1.29, 1.82) is 0 Å². The summed E-state index contributed by atoms with van der Waals surface area (Å²) in [6, 6.07) is 12.3. The number of methoxy groups -OCH3 is 2. The summed E-state index contributed by atoms with van der Waals surface area (Å²) in [6.07, 6.45) is 0.986. The van der Waals surface area contributed by atoms with E-state index in [9.17, 15) is 0 Å². The molecule has 0 aliphatic rings. The van der Waals surface area contributed by atoms with Crippen molar-refractivity contribution in [3.05, 3.63) is 47.7 Å². The molecule has 0 aliphatic heterocycles. The van der Waals surface area contributed by atoms with Crippen LogP contribution in [0.1, 0.15) is 18.2 Å². The maximum absolute atomic E-state index is 5.49. The van der Waals surface area contributed by atoms with Crippen molar-refractivity contribution in [3.63, 3.8) is 0 Å². The number of nitrogens with one attached hydrogen (secondary N) is 1. The molecule has 0 amide bonds. The largest absolute Gasteiger partial charge is 0.497 e. The van der Waals surface area contributed by atoms with Crippen molar-refractivity contribution in [3.8, 4) is 22.6 Å². The minimum atomic E-state index is 0.854. The van der Waals surface area contributed by atoms with E-state index < -0.39 is 0 Å². The maximum Gasteiger partial charge on any atom is 0.120 e. The Labute approximate surface area is 130 Å². The highest BCUT2D eigenvalue weighted by Gasteiger charge is 2.13. The Morgan fingerprint density at radius 2 is 1.77 bits per heavy atom. The zero-order chi connectivity index (χ0) is 15.7. The third-order valence-corrected chi connectivity index (χ3v) is 4.21. The Morgan fingerprint density at radius 3 is 2.45 bits per heavy atom. The van der Waals surface area contributed by atoms with E-state index in [0.29, 0.717) is 0 Å². The van der Waals surface area contributed by atoms with E-state index in [1.807, 2.05) is 12.1 Å². The monoisotopic (exact) mass is 295 g/mol. The molecule has 22 heavy (non-hydrogen) atoms. The molecule has 114 valence electrons. The van der Waals surface area contributed by atoms with Crippen molar-refractivity contribution >= 4 is 10.9 Å². The van der Waals surface area contributed by atoms with E-state index in [1.165, 1.54) is 16.6 Å². The lowest BCUT2D eigenvalue weighted by atomic mass is 10.0. The van der Waals surface area contributed by atoms with Gasteiger partial charge in [0, 0.05) is 16.6 Å². The van der Waals surface area contributed by atoms with Gasteiger partial charge in [-0.2, -0.15) is 0 Å². The Morgan fingerprint density at radius 1 is 1.00 bits per heavy atom. The van der Waals surface area contributed by atoms with Gasteiger partial charge in [-0.15, -0.1) is 0 Å². The summed E-state index contributed by atoms with van der Waals surface area (Å²) < 4.78 is 10.8. The Hall–Kier alpha value is -2.42. The van der Waals surface area contributed by atoms with Crippen LogP contribution in [-0.4, -0.2) is 19.2 Å². The molecule has 0 saturated heterocycles. The van der Waals surface area contributed by atoms with Gasteiger partial charge in [-0.1, -0.05) is 19.1 Å². The lowest BCUT2D eigenvalue weighted by Crippen LogP contribution is -1.88. The average molecular weight is 295 g/mol. The molecule has 1 aromatic heterocycles. The van der Waals surface area contributed by atoms with Crippen LogP contribution < -0.4 is 9.47 Å². The first-order chi connectivity index (χ1) is 10.7. The number of aryl methyl sites for hydroxylation is 2. The summed E-state index contributed by atoms with van der Waals surface area (Å²) in [4.78, 5) is 3.57. The highest BCUT2D eigenvalue weighted by molar-refractivity contribution is 5.98. The molecule has 3 nitrogen and oxygen atoms in total. The predicted octanol–water partition coefficient (Wildman–Crippen LogP) is 4.72. The first kappa shape index (κ1) is 14.5. The van der Waals surface area contributed by atoms with Crippen LogP contribution in [0, 0.1) is 6.92 Å². The second kappa shape index (κ2) is 5.76. The van der Waals surface area contributed by atoms with Gasteiger partial charge in [0.15, 0.2) is 0 Å². The van der Waals surface area contributed by atoms with Gasteiger partial charge >= 0.3 is 0 Å². The van der Waals surface area contributed by atoms with E-state index in [4.69, 9.17) is 9.47 Å². The molecule has 0 atom stereocenters. The molecule has 0 unspecified atom stereocenters. The van der Waals surface area contributed by atoms with E-state index in [-0.39, 0.29) is 0 Å². The third kappa shape index (κ3) is 2.33. The number of fused-ring (bicyclic) bond motifs is 1. The van der Waals surface area contributed by atoms with E-state index >= 15 is 0 Å². The van der Waals surface area contributed by atoms with Crippen molar-refractivity contribution in [1.82, 2.24) is 4.98 Å². The van der Waals surface area contributed by atoms with Crippen molar-refractivity contribution < 1.29 is 9.47 Å². The van der Waals surface area contributed by atoms with E-state index in [1.54, 1.807) is 14.2 Å². The van der Waals surface area contributed by atoms with Gasteiger partial charge in [-0.05, 0) is 48.7 Å². The fourth-order valence-corrected chi connectivity index (χ4v) is 2.94. The van der Waals surface area contributed by atoms with Gasteiger partial charge in [-0.25, -0.2) is 0 Å². The molecular weight excluding hydrogens is 274 g/mol. The standard InChI is InChI=1S/C19H21NO2/c1-5-18-12(2)16-10-15(22-4)11-17(19(16)20-18)13-7-6-8-14(9-13)21-3/h6-11,20H,5H2,1-4H3. The second-order valence-corrected chi connectivity index (χ2v) is 5.41. The molecule has 0 saturated carbocycles. The predicted molar refractivity (Wildman–Crippen MR) is 91.0 cm³/mol. The molecular formula is C19H21NO2. The SMILES string of the molecule is CCc1[nH]c2c(-c3cccc(OC)c3)cc(OC)cc2c1C. The Kier molecular flexibility index (Phi) is 3.80. The van der Waals surface area contributed by atoms with Gasteiger partial charge in [0.25, 0.3) is 0 Å². The molecule has 3 aromatic rings. The molecule has 0 radical (unpaired) electrons. The summed E-state index contributed by atoms with van der Waals surface area (Å²) in [5.41, 5.74) is 5.97. The molecule has 2 aromatic carbocycles. The van der Waals surface area contributed by atoms with Gasteiger partial charge in [-0.3, -0.25) is 0 Å². The summed E-state index contributed by atoms with van der Waals surface area (Å²) in [5.74, 6) is 1.72. The number of rotatable bonds is 4. The van der Waals surface area contributed by atoms with Crippen LogP contribution >= 0.6 is 0 Å². The average Bonchev–Trinajstić information content (AvgIpc) is 2.90. The fourth-order valence-electron chi connectivity index (χ4n) is 2.94. The topological polar surface area (TPSA) is 34.2 Å². The van der Waals surface area contributed by atoms with Gasteiger partial charge < -0.3 is 14.5 Å². The van der Waals surface area contributed by atoms with Crippen molar-refractivity contribution in [2.45, 2.75) is 20.3 Å². The minimum absolute atomic E-state index is 0.854. The summed E-state index contributed by atoms with van der Waals surface area (Å²) in [6.45, 7) is 4.33. The van der Waals surface area contributed by atoms with Gasteiger partial charge in [0.2, 0.25) is 0 Å². The number of ether oxygens (including phenoxy) is 2. The molecule has 0 spiro atoms. The quantitative estimate of drug-likeness (QED) is 0.755. The zero-order valence-corrected chi connectivity index (χ0v) is 13.5. The molecule has 0 fully saturated rings. The van der Waals surface area contributed by atoms with Crippen molar-refractivity contribution in [2.75, 3.05) is 14.2 Å². The number of aromatic nitrogens is 1. The lowest BCUT2D eigenvalue weighted by Gasteiger charge is -2.09. The number of H-pyrrole nitrogens is 1. The van der Waals surface area contributed by atoms with Crippen LogP contribution in [0.4, 0.5) is 0 Å². The van der Waals surface area contributed by atoms with E-state index in [0.717, 1.165) is 34.6 Å². The third-order valence-electron chi connectivity index (χ3n) is 4.21. The van der Waals surface area contributed by atoms with Gasteiger partial charge in [0.05, 0.1) is 19.7 Å². The molecule has 0 aliphatic carbocycles. The molecule has 1 heterocycles. The summed E-state index contributed by atoms with van der Waals surface area (Å²) >= 11 is 0. The van der Waals surface area contributed by atoms with Crippen LogP contribution in [0.15, 0.2) is 36.4 Å². The number of hydrogen-bond donors (Lipinski definition) is 1. The first-order valence-corrected chi connectivity index (χ1v) is 7.51. The number of benzene rings is 2.